The molecule has 3 aliphatic rings. The fraction of sp³-hybridized carbons (Fsp3) is 0.667. The third kappa shape index (κ3) is 4.04. The van der Waals surface area contributed by atoms with Gasteiger partial charge in [-0.15, -0.1) is 0 Å². The van der Waals surface area contributed by atoms with Gasteiger partial charge in [-0.05, 0) is 37.5 Å². The highest BCUT2D eigenvalue weighted by molar-refractivity contribution is 5.78. The zero-order valence-corrected chi connectivity index (χ0v) is 16.1. The number of hydrogen-bond donors (Lipinski definition) is 0. The molecule has 142 valence electrons. The minimum Gasteiger partial charge on any atom is -0.369 e. The maximum Gasteiger partial charge on any atom is 0.236 e. The number of carbonyl (C=O) groups excluding carboxylic acids is 1. The fourth-order valence-electron chi connectivity index (χ4n) is 4.37. The molecule has 3 fully saturated rings. The van der Waals surface area contributed by atoms with Gasteiger partial charge in [0.15, 0.2) is 0 Å². The van der Waals surface area contributed by atoms with E-state index in [-0.39, 0.29) is 0 Å². The van der Waals surface area contributed by atoms with Crippen LogP contribution in [0.25, 0.3) is 0 Å². The SMILES string of the molecule is Cc1cccc(N2CCN(CC(=O)N3CCN(C4CCC4)CC3)CC2)c1. The Hall–Kier alpha value is -1.59. The fourth-order valence-corrected chi connectivity index (χ4v) is 4.37. The molecule has 1 aromatic carbocycles. The summed E-state index contributed by atoms with van der Waals surface area (Å²) < 4.78 is 0. The number of piperazine rings is 2. The first-order valence-electron chi connectivity index (χ1n) is 10.2. The van der Waals surface area contributed by atoms with Crippen molar-refractivity contribution in [3.63, 3.8) is 0 Å². The summed E-state index contributed by atoms with van der Waals surface area (Å²) in [6.07, 6.45) is 4.11. The Morgan fingerprint density at radius 2 is 1.73 bits per heavy atom. The van der Waals surface area contributed by atoms with E-state index in [0.717, 1.165) is 58.4 Å². The van der Waals surface area contributed by atoms with Crippen molar-refractivity contribution in [2.45, 2.75) is 32.2 Å². The van der Waals surface area contributed by atoms with Crippen molar-refractivity contribution in [2.24, 2.45) is 0 Å². The zero-order chi connectivity index (χ0) is 17.9. The van der Waals surface area contributed by atoms with Gasteiger partial charge in [0, 0.05) is 64.1 Å². The molecule has 0 spiro atoms. The predicted octanol–water partition coefficient (Wildman–Crippen LogP) is 1.81. The Morgan fingerprint density at radius 3 is 2.35 bits per heavy atom. The van der Waals surface area contributed by atoms with E-state index in [4.69, 9.17) is 0 Å². The van der Waals surface area contributed by atoms with E-state index < -0.39 is 0 Å². The van der Waals surface area contributed by atoms with Gasteiger partial charge in [0.05, 0.1) is 6.54 Å². The molecule has 5 heteroatoms. The molecule has 0 aromatic heterocycles. The summed E-state index contributed by atoms with van der Waals surface area (Å²) in [6, 6.07) is 9.52. The van der Waals surface area contributed by atoms with Gasteiger partial charge in [0.1, 0.15) is 0 Å². The van der Waals surface area contributed by atoms with Crippen LogP contribution in [0.15, 0.2) is 24.3 Å². The van der Waals surface area contributed by atoms with Crippen LogP contribution in [0, 0.1) is 6.92 Å². The zero-order valence-electron chi connectivity index (χ0n) is 16.1. The number of carbonyl (C=O) groups is 1. The highest BCUT2D eigenvalue weighted by atomic mass is 16.2. The van der Waals surface area contributed by atoms with Crippen molar-refractivity contribution in [3.8, 4) is 0 Å². The second kappa shape index (κ2) is 7.97. The van der Waals surface area contributed by atoms with Gasteiger partial charge in [0.25, 0.3) is 0 Å². The average molecular weight is 357 g/mol. The van der Waals surface area contributed by atoms with Crippen molar-refractivity contribution >= 4 is 11.6 Å². The standard InChI is InChI=1S/C21H32N4O/c1-18-4-2-7-20(16-18)24-10-8-22(9-11-24)17-21(26)25-14-12-23(13-15-25)19-5-3-6-19/h2,4,7,16,19H,3,5-6,8-15,17H2,1H3. The predicted molar refractivity (Wildman–Crippen MR) is 106 cm³/mol. The summed E-state index contributed by atoms with van der Waals surface area (Å²) in [5, 5.41) is 0. The summed E-state index contributed by atoms with van der Waals surface area (Å²) >= 11 is 0. The number of aryl methyl sites for hydroxylation is 1. The molecule has 0 atom stereocenters. The highest BCUT2D eigenvalue weighted by Crippen LogP contribution is 2.25. The largest absolute Gasteiger partial charge is 0.369 e. The molecule has 4 rings (SSSR count). The lowest BCUT2D eigenvalue weighted by Crippen LogP contribution is -2.56. The van der Waals surface area contributed by atoms with Gasteiger partial charge < -0.3 is 9.80 Å². The minimum atomic E-state index is 0.322. The molecule has 0 unspecified atom stereocenters. The van der Waals surface area contributed by atoms with E-state index in [1.165, 1.54) is 30.5 Å². The molecule has 5 nitrogen and oxygen atoms in total. The van der Waals surface area contributed by atoms with Crippen LogP contribution in [-0.4, -0.2) is 85.6 Å². The number of rotatable bonds is 4. The van der Waals surface area contributed by atoms with Crippen LogP contribution in [-0.2, 0) is 4.79 Å². The van der Waals surface area contributed by atoms with Crippen LogP contribution in [0.3, 0.4) is 0 Å². The van der Waals surface area contributed by atoms with Crippen molar-refractivity contribution in [2.75, 3.05) is 63.8 Å². The maximum atomic E-state index is 12.7. The van der Waals surface area contributed by atoms with E-state index >= 15 is 0 Å². The molecule has 1 aliphatic carbocycles. The van der Waals surface area contributed by atoms with Crippen molar-refractivity contribution in [1.29, 1.82) is 0 Å². The van der Waals surface area contributed by atoms with Crippen LogP contribution in [0.2, 0.25) is 0 Å². The number of amides is 1. The Balaban J connectivity index is 1.21. The topological polar surface area (TPSA) is 30.0 Å². The van der Waals surface area contributed by atoms with E-state index in [2.05, 4.69) is 50.8 Å². The van der Waals surface area contributed by atoms with Crippen molar-refractivity contribution < 1.29 is 4.79 Å². The van der Waals surface area contributed by atoms with Crippen molar-refractivity contribution in [3.05, 3.63) is 29.8 Å². The highest BCUT2D eigenvalue weighted by Gasteiger charge is 2.30. The smallest absolute Gasteiger partial charge is 0.236 e. The second-order valence-corrected chi connectivity index (χ2v) is 8.10. The lowest BCUT2D eigenvalue weighted by atomic mass is 9.91. The Kier molecular flexibility index (Phi) is 5.46. The molecular formula is C21H32N4O. The van der Waals surface area contributed by atoms with Gasteiger partial charge in [-0.2, -0.15) is 0 Å². The third-order valence-corrected chi connectivity index (χ3v) is 6.36. The molecule has 2 heterocycles. The van der Waals surface area contributed by atoms with Crippen LogP contribution in [0.4, 0.5) is 5.69 Å². The molecule has 26 heavy (non-hydrogen) atoms. The normalized spacial score (nSPS) is 23.1. The lowest BCUT2D eigenvalue weighted by molar-refractivity contribution is -0.134. The Labute approximate surface area is 157 Å². The molecule has 2 aliphatic heterocycles. The van der Waals surface area contributed by atoms with E-state index in [9.17, 15) is 4.79 Å². The first kappa shape index (κ1) is 17.8. The monoisotopic (exact) mass is 356 g/mol. The quantitative estimate of drug-likeness (QED) is 0.823. The molecule has 1 amide bonds. The van der Waals surface area contributed by atoms with Crippen LogP contribution in [0.1, 0.15) is 24.8 Å². The summed E-state index contributed by atoms with van der Waals surface area (Å²) in [7, 11) is 0. The Morgan fingerprint density at radius 1 is 1.00 bits per heavy atom. The number of anilines is 1. The van der Waals surface area contributed by atoms with Crippen LogP contribution in [0.5, 0.6) is 0 Å². The summed E-state index contributed by atoms with van der Waals surface area (Å²) in [4.78, 5) is 22.1. The lowest BCUT2D eigenvalue weighted by Gasteiger charge is -2.43. The first-order valence-corrected chi connectivity index (χ1v) is 10.2. The molecule has 0 radical (unpaired) electrons. The summed E-state index contributed by atoms with van der Waals surface area (Å²) in [6.45, 7) is 10.7. The molecule has 0 N–H and O–H groups in total. The number of hydrogen-bond acceptors (Lipinski definition) is 4. The second-order valence-electron chi connectivity index (χ2n) is 8.10. The first-order chi connectivity index (χ1) is 12.7. The van der Waals surface area contributed by atoms with E-state index in [1.54, 1.807) is 0 Å². The van der Waals surface area contributed by atoms with Gasteiger partial charge in [0.2, 0.25) is 5.91 Å². The van der Waals surface area contributed by atoms with Gasteiger partial charge in [-0.25, -0.2) is 0 Å². The number of nitrogens with zero attached hydrogens (tertiary/aromatic N) is 4. The molecule has 1 aromatic rings. The maximum absolute atomic E-state index is 12.7. The Bertz CT molecular complexity index is 614. The van der Waals surface area contributed by atoms with Crippen LogP contribution < -0.4 is 4.90 Å². The van der Waals surface area contributed by atoms with E-state index in [0.29, 0.717) is 12.5 Å². The van der Waals surface area contributed by atoms with Crippen LogP contribution >= 0.6 is 0 Å². The summed E-state index contributed by atoms with van der Waals surface area (Å²) in [5.74, 6) is 0.322. The molecule has 0 bridgehead atoms. The average Bonchev–Trinajstić information content (AvgIpc) is 2.61. The van der Waals surface area contributed by atoms with Gasteiger partial charge >= 0.3 is 0 Å². The molecular weight excluding hydrogens is 324 g/mol. The molecule has 2 saturated heterocycles. The van der Waals surface area contributed by atoms with Gasteiger partial charge in [-0.3, -0.25) is 14.6 Å². The number of benzene rings is 1. The molecule has 1 saturated carbocycles. The van der Waals surface area contributed by atoms with E-state index in [1.807, 2.05) is 0 Å². The summed E-state index contributed by atoms with van der Waals surface area (Å²) in [5.41, 5.74) is 2.62. The van der Waals surface area contributed by atoms with Gasteiger partial charge in [-0.1, -0.05) is 18.6 Å². The van der Waals surface area contributed by atoms with Crippen molar-refractivity contribution in [1.82, 2.24) is 14.7 Å². The third-order valence-electron chi connectivity index (χ3n) is 6.36. The minimum absolute atomic E-state index is 0.322.